The van der Waals surface area contributed by atoms with E-state index in [4.69, 9.17) is 34.4 Å². The van der Waals surface area contributed by atoms with E-state index in [-0.39, 0.29) is 53.0 Å². The molecule has 0 saturated heterocycles. The maximum atomic E-state index is 5.31. The quantitative estimate of drug-likeness (QED) is 0.393. The standard InChI is InChI=1S/3C4H12N2.Co/c3*1-3(5)4(2)6;/h3*3-4H,5-6H2,1-2H3;/q;;;+3. The van der Waals surface area contributed by atoms with Crippen molar-refractivity contribution in [3.05, 3.63) is 0 Å². The molecule has 0 bridgehead atoms. The molecular formula is C12H36CoN6+3. The summed E-state index contributed by atoms with van der Waals surface area (Å²) in [5.41, 5.74) is 31.9. The fourth-order valence-electron chi connectivity index (χ4n) is 0. The second-order valence-corrected chi connectivity index (χ2v) is 5.15. The van der Waals surface area contributed by atoms with E-state index >= 15 is 0 Å². The van der Waals surface area contributed by atoms with Crippen molar-refractivity contribution in [2.45, 2.75) is 77.8 Å². The molecule has 0 rings (SSSR count). The molecule has 6 atom stereocenters. The summed E-state index contributed by atoms with van der Waals surface area (Å²) in [6.45, 7) is 11.4. The average molecular weight is 323 g/mol. The van der Waals surface area contributed by atoms with E-state index in [0.717, 1.165) is 0 Å². The molecule has 19 heavy (non-hydrogen) atoms. The summed E-state index contributed by atoms with van der Waals surface area (Å²) < 4.78 is 0. The molecule has 6 unspecified atom stereocenters. The topological polar surface area (TPSA) is 156 Å². The third-order valence-electron chi connectivity index (χ3n) is 2.49. The van der Waals surface area contributed by atoms with Crippen LogP contribution in [-0.4, -0.2) is 36.3 Å². The van der Waals surface area contributed by atoms with Crippen LogP contribution >= 0.6 is 0 Å². The molecule has 0 fully saturated rings. The van der Waals surface area contributed by atoms with E-state index in [0.29, 0.717) is 0 Å². The molecule has 0 aromatic rings. The Kier molecular flexibility index (Phi) is 23.7. The molecule has 0 spiro atoms. The number of nitrogens with two attached hydrogens (primary N) is 6. The first-order chi connectivity index (χ1) is 7.93. The Bertz CT molecular complexity index is 114. The molecule has 0 aliphatic rings. The van der Waals surface area contributed by atoms with Crippen molar-refractivity contribution in [3.8, 4) is 0 Å². The Morgan fingerprint density at radius 2 is 0.421 bits per heavy atom. The SMILES string of the molecule is CC(N)C(C)N.CC(N)C(C)N.CC(N)C(C)N.[Co+3]. The maximum Gasteiger partial charge on any atom is 3.00 e. The van der Waals surface area contributed by atoms with Crippen LogP contribution in [0.4, 0.5) is 0 Å². The van der Waals surface area contributed by atoms with Crippen molar-refractivity contribution >= 4 is 0 Å². The van der Waals surface area contributed by atoms with Crippen molar-refractivity contribution in [1.29, 1.82) is 0 Å². The average Bonchev–Trinajstić information content (AvgIpc) is 2.18. The van der Waals surface area contributed by atoms with Gasteiger partial charge in [0.1, 0.15) is 0 Å². The third-order valence-corrected chi connectivity index (χ3v) is 2.49. The number of hydrogen-bond acceptors (Lipinski definition) is 6. The summed E-state index contributed by atoms with van der Waals surface area (Å²) in [6.07, 6.45) is 0. The van der Waals surface area contributed by atoms with Crippen LogP contribution in [0, 0.1) is 0 Å². The van der Waals surface area contributed by atoms with Crippen molar-refractivity contribution in [3.63, 3.8) is 0 Å². The summed E-state index contributed by atoms with van der Waals surface area (Å²) in [5.74, 6) is 0. The summed E-state index contributed by atoms with van der Waals surface area (Å²) in [6, 6.07) is 0.778. The van der Waals surface area contributed by atoms with Crippen molar-refractivity contribution < 1.29 is 16.8 Å². The van der Waals surface area contributed by atoms with Crippen LogP contribution in [0.1, 0.15) is 41.5 Å². The zero-order valence-corrected chi connectivity index (χ0v) is 14.3. The zero-order chi connectivity index (χ0) is 15.5. The molecule has 0 amide bonds. The van der Waals surface area contributed by atoms with Crippen molar-refractivity contribution in [2.24, 2.45) is 34.4 Å². The third kappa shape index (κ3) is 32.1. The number of hydrogen-bond donors (Lipinski definition) is 6. The van der Waals surface area contributed by atoms with E-state index < -0.39 is 0 Å². The second kappa shape index (κ2) is 16.3. The van der Waals surface area contributed by atoms with Gasteiger partial charge in [0, 0.05) is 36.3 Å². The van der Waals surface area contributed by atoms with Gasteiger partial charge < -0.3 is 34.4 Å². The maximum absolute atomic E-state index is 5.31. The summed E-state index contributed by atoms with van der Waals surface area (Å²) in [5, 5.41) is 0. The van der Waals surface area contributed by atoms with Crippen LogP contribution < -0.4 is 34.4 Å². The van der Waals surface area contributed by atoms with Gasteiger partial charge in [0.05, 0.1) is 0 Å². The van der Waals surface area contributed by atoms with E-state index in [1.807, 2.05) is 41.5 Å². The minimum atomic E-state index is 0. The first-order valence-corrected chi connectivity index (χ1v) is 6.46. The molecule has 0 heterocycles. The van der Waals surface area contributed by atoms with Gasteiger partial charge in [-0.05, 0) is 41.5 Å². The van der Waals surface area contributed by atoms with E-state index in [2.05, 4.69) is 0 Å². The minimum absolute atomic E-state index is 0. The fourth-order valence-corrected chi connectivity index (χ4v) is 0. The Morgan fingerprint density at radius 1 is 0.368 bits per heavy atom. The predicted octanol–water partition coefficient (Wildman–Crippen LogP) is -0.960. The summed E-state index contributed by atoms with van der Waals surface area (Å²) >= 11 is 0. The van der Waals surface area contributed by atoms with Crippen LogP contribution in [0.5, 0.6) is 0 Å². The van der Waals surface area contributed by atoms with Gasteiger partial charge in [0.15, 0.2) is 0 Å². The van der Waals surface area contributed by atoms with Gasteiger partial charge in [-0.3, -0.25) is 0 Å². The van der Waals surface area contributed by atoms with Crippen LogP contribution in [0.2, 0.25) is 0 Å². The zero-order valence-electron chi connectivity index (χ0n) is 13.3. The molecule has 7 heteroatoms. The molecule has 0 radical (unpaired) electrons. The van der Waals surface area contributed by atoms with Gasteiger partial charge in [-0.1, -0.05) is 0 Å². The monoisotopic (exact) mass is 323 g/mol. The van der Waals surface area contributed by atoms with Crippen LogP contribution in [0.3, 0.4) is 0 Å². The van der Waals surface area contributed by atoms with Crippen LogP contribution in [0.15, 0.2) is 0 Å². The molecule has 0 aliphatic carbocycles. The first kappa shape index (κ1) is 27.6. The van der Waals surface area contributed by atoms with Crippen LogP contribution in [0.25, 0.3) is 0 Å². The Hall–Kier alpha value is 0.266. The molecule has 0 aromatic heterocycles. The minimum Gasteiger partial charge on any atom is -0.327 e. The molecule has 12 N–H and O–H groups in total. The molecule has 0 saturated carbocycles. The van der Waals surface area contributed by atoms with Gasteiger partial charge in [0.2, 0.25) is 0 Å². The molecule has 6 nitrogen and oxygen atoms in total. The normalized spacial score (nSPS) is 18.9. The Labute approximate surface area is 129 Å². The van der Waals surface area contributed by atoms with Crippen LogP contribution in [-0.2, 0) is 16.8 Å². The Balaban J connectivity index is -0.0000000865. The largest absolute Gasteiger partial charge is 3.00 e. The van der Waals surface area contributed by atoms with Gasteiger partial charge in [-0.15, -0.1) is 0 Å². The molecular weight excluding hydrogens is 287 g/mol. The van der Waals surface area contributed by atoms with Gasteiger partial charge in [0.25, 0.3) is 0 Å². The van der Waals surface area contributed by atoms with Crippen molar-refractivity contribution in [2.75, 3.05) is 0 Å². The van der Waals surface area contributed by atoms with E-state index in [1.54, 1.807) is 0 Å². The van der Waals surface area contributed by atoms with Gasteiger partial charge in [-0.25, -0.2) is 0 Å². The fraction of sp³-hybridized carbons (Fsp3) is 1.00. The first-order valence-electron chi connectivity index (χ1n) is 6.46. The molecule has 0 aromatic carbocycles. The van der Waals surface area contributed by atoms with E-state index in [1.165, 1.54) is 0 Å². The van der Waals surface area contributed by atoms with Gasteiger partial charge >= 0.3 is 16.8 Å². The number of rotatable bonds is 3. The molecule has 0 aliphatic heterocycles. The van der Waals surface area contributed by atoms with E-state index in [9.17, 15) is 0 Å². The summed E-state index contributed by atoms with van der Waals surface area (Å²) in [4.78, 5) is 0. The predicted molar refractivity (Wildman–Crippen MR) is 81.9 cm³/mol. The smallest absolute Gasteiger partial charge is 0.327 e. The molecule has 120 valence electrons. The van der Waals surface area contributed by atoms with Crippen molar-refractivity contribution in [1.82, 2.24) is 0 Å². The second-order valence-electron chi connectivity index (χ2n) is 5.15. The van der Waals surface area contributed by atoms with Gasteiger partial charge in [-0.2, -0.15) is 0 Å². The summed E-state index contributed by atoms with van der Waals surface area (Å²) in [7, 11) is 0. The Morgan fingerprint density at radius 3 is 0.421 bits per heavy atom.